The Morgan fingerprint density at radius 2 is 1.96 bits per heavy atom. The molecule has 0 spiro atoms. The van der Waals surface area contributed by atoms with Crippen molar-refractivity contribution in [3.05, 3.63) is 53.1 Å². The Kier molecular flexibility index (Phi) is 5.96. The number of ether oxygens (including phenoxy) is 1. The van der Waals surface area contributed by atoms with Gasteiger partial charge in [0.2, 0.25) is 0 Å². The van der Waals surface area contributed by atoms with Gasteiger partial charge in [0.25, 0.3) is 0 Å². The van der Waals surface area contributed by atoms with Crippen LogP contribution in [-0.4, -0.2) is 24.4 Å². The van der Waals surface area contributed by atoms with Crippen LogP contribution in [0, 0.1) is 13.8 Å². The molecule has 0 unspecified atom stereocenters. The fourth-order valence-corrected chi connectivity index (χ4v) is 3.35. The molecule has 0 saturated heterocycles. The smallest absolute Gasteiger partial charge is 0.185 e. The number of Topliss-reactive ketones (excluding diaryl/α,β-unsaturated/α-hetero) is 1. The zero-order valence-corrected chi connectivity index (χ0v) is 16.3. The molecule has 1 N–H and O–H groups in total. The van der Waals surface area contributed by atoms with Crippen LogP contribution in [0.3, 0.4) is 0 Å². The first-order valence-corrected chi connectivity index (χ1v) is 8.18. The van der Waals surface area contributed by atoms with Crippen molar-refractivity contribution < 1.29 is 9.53 Å². The van der Waals surface area contributed by atoms with Crippen molar-refractivity contribution in [3.8, 4) is 5.75 Å². The minimum Gasteiger partial charge on any atom is -0.496 e. The van der Waals surface area contributed by atoms with E-state index in [1.54, 1.807) is 30.6 Å². The summed E-state index contributed by atoms with van der Waals surface area (Å²) >= 11 is 1.56. The van der Waals surface area contributed by atoms with Crippen LogP contribution in [0.25, 0.3) is 10.2 Å². The molecule has 0 aliphatic carbocycles. The van der Waals surface area contributed by atoms with Gasteiger partial charge in [-0.05, 0) is 43.2 Å². The molecule has 3 aromatic rings. The molecule has 4 nitrogen and oxygen atoms in total. The monoisotopic (exact) mass is 406 g/mol. The Morgan fingerprint density at radius 1 is 1.21 bits per heavy atom. The minimum atomic E-state index is -0.0189. The summed E-state index contributed by atoms with van der Waals surface area (Å²) in [5, 5.41) is 3.89. The average molecular weight is 407 g/mol. The molecule has 2 aromatic carbocycles. The molecule has 6 heteroatoms. The summed E-state index contributed by atoms with van der Waals surface area (Å²) in [4.78, 5) is 17.0. The number of ketones is 1. The van der Waals surface area contributed by atoms with E-state index in [9.17, 15) is 4.79 Å². The molecule has 24 heavy (non-hydrogen) atoms. The SMILES string of the molecule is Br.COc1ccccc1C(=O)CNc1nc2c(C)c(C)ccc2s1. The maximum atomic E-state index is 12.4. The summed E-state index contributed by atoms with van der Waals surface area (Å²) in [6.07, 6.45) is 0. The van der Waals surface area contributed by atoms with Crippen LogP contribution in [0.4, 0.5) is 5.13 Å². The summed E-state index contributed by atoms with van der Waals surface area (Å²) in [6, 6.07) is 11.4. The Bertz CT molecular complexity index is 877. The van der Waals surface area contributed by atoms with E-state index in [4.69, 9.17) is 4.74 Å². The van der Waals surface area contributed by atoms with Crippen LogP contribution >= 0.6 is 28.3 Å². The topological polar surface area (TPSA) is 51.2 Å². The number of fused-ring (bicyclic) bond motifs is 1. The molecule has 0 bridgehead atoms. The maximum absolute atomic E-state index is 12.4. The highest BCUT2D eigenvalue weighted by atomic mass is 79.9. The molecule has 0 amide bonds. The van der Waals surface area contributed by atoms with Crippen molar-refractivity contribution in [1.29, 1.82) is 0 Å². The first kappa shape index (κ1) is 18.4. The number of hydrogen-bond acceptors (Lipinski definition) is 5. The number of benzene rings is 2. The number of rotatable bonds is 5. The van der Waals surface area contributed by atoms with Gasteiger partial charge in [-0.25, -0.2) is 4.98 Å². The van der Waals surface area contributed by atoms with Crippen LogP contribution < -0.4 is 10.1 Å². The standard InChI is InChI=1S/C18H18N2O2S.BrH/c1-11-8-9-16-17(12(11)2)20-18(23-16)19-10-14(21)13-6-4-5-7-15(13)22-3;/h4-9H,10H2,1-3H3,(H,19,20);1H. The number of nitrogens with one attached hydrogen (secondary N) is 1. The Balaban J connectivity index is 0.00000208. The second-order valence-electron chi connectivity index (χ2n) is 5.35. The van der Waals surface area contributed by atoms with Gasteiger partial charge in [0, 0.05) is 0 Å². The molecule has 3 rings (SSSR count). The Morgan fingerprint density at radius 3 is 2.71 bits per heavy atom. The molecule has 126 valence electrons. The predicted molar refractivity (Wildman–Crippen MR) is 105 cm³/mol. The van der Waals surface area contributed by atoms with Crippen LogP contribution in [0.5, 0.6) is 5.75 Å². The number of halogens is 1. The van der Waals surface area contributed by atoms with Crippen molar-refractivity contribution in [2.45, 2.75) is 13.8 Å². The van der Waals surface area contributed by atoms with E-state index in [2.05, 4.69) is 36.3 Å². The second kappa shape index (κ2) is 7.77. The zero-order chi connectivity index (χ0) is 16.4. The Labute approximate surface area is 155 Å². The lowest BCUT2D eigenvalue weighted by atomic mass is 10.1. The van der Waals surface area contributed by atoms with E-state index >= 15 is 0 Å². The van der Waals surface area contributed by atoms with Gasteiger partial charge in [-0.1, -0.05) is 29.5 Å². The summed E-state index contributed by atoms with van der Waals surface area (Å²) in [5.74, 6) is 0.574. The number of carbonyl (C=O) groups is 1. The number of carbonyl (C=O) groups excluding carboxylic acids is 1. The third kappa shape index (κ3) is 3.60. The zero-order valence-electron chi connectivity index (χ0n) is 13.8. The van der Waals surface area contributed by atoms with Gasteiger partial charge >= 0.3 is 0 Å². The molecule has 0 aliphatic heterocycles. The fourth-order valence-electron chi connectivity index (χ4n) is 2.43. The lowest BCUT2D eigenvalue weighted by Gasteiger charge is -2.07. The molecular weight excluding hydrogens is 388 g/mol. The summed E-state index contributed by atoms with van der Waals surface area (Å²) < 4.78 is 6.36. The van der Waals surface area contributed by atoms with Crippen molar-refractivity contribution in [1.82, 2.24) is 4.98 Å². The van der Waals surface area contributed by atoms with Gasteiger partial charge in [0.15, 0.2) is 10.9 Å². The van der Waals surface area contributed by atoms with Gasteiger partial charge in [0.1, 0.15) is 5.75 Å². The normalized spacial score (nSPS) is 10.3. The van der Waals surface area contributed by atoms with Crippen LogP contribution in [0.15, 0.2) is 36.4 Å². The second-order valence-corrected chi connectivity index (χ2v) is 6.38. The summed E-state index contributed by atoms with van der Waals surface area (Å²) in [6.45, 7) is 4.34. The van der Waals surface area contributed by atoms with Gasteiger partial charge in [0.05, 0.1) is 29.4 Å². The molecule has 1 heterocycles. The fraction of sp³-hybridized carbons (Fsp3) is 0.222. The number of aryl methyl sites for hydroxylation is 2. The number of anilines is 1. The van der Waals surface area contributed by atoms with E-state index in [1.807, 2.05) is 12.1 Å². The number of thiazole rings is 1. The van der Waals surface area contributed by atoms with Crippen LogP contribution in [0.2, 0.25) is 0 Å². The van der Waals surface area contributed by atoms with Gasteiger partial charge in [-0.3, -0.25) is 4.79 Å². The molecule has 1 aromatic heterocycles. The molecule has 0 atom stereocenters. The van der Waals surface area contributed by atoms with E-state index in [0.717, 1.165) is 15.3 Å². The number of aromatic nitrogens is 1. The molecule has 0 aliphatic rings. The lowest BCUT2D eigenvalue weighted by molar-refractivity contribution is 0.100. The van der Waals surface area contributed by atoms with Gasteiger partial charge in [-0.2, -0.15) is 0 Å². The number of methoxy groups -OCH3 is 1. The quantitative estimate of drug-likeness (QED) is 0.618. The average Bonchev–Trinajstić information content (AvgIpc) is 3.00. The maximum Gasteiger partial charge on any atom is 0.185 e. The summed E-state index contributed by atoms with van der Waals surface area (Å²) in [7, 11) is 1.57. The van der Waals surface area contributed by atoms with Crippen molar-refractivity contribution in [2.24, 2.45) is 0 Å². The third-order valence-corrected chi connectivity index (χ3v) is 4.87. The molecule has 0 radical (unpaired) electrons. The lowest BCUT2D eigenvalue weighted by Crippen LogP contribution is -2.14. The number of para-hydroxylation sites is 1. The minimum absolute atomic E-state index is 0. The highest BCUT2D eigenvalue weighted by molar-refractivity contribution is 8.93. The van der Waals surface area contributed by atoms with Crippen molar-refractivity contribution in [3.63, 3.8) is 0 Å². The molecule has 0 saturated carbocycles. The highest BCUT2D eigenvalue weighted by Crippen LogP contribution is 2.29. The first-order chi connectivity index (χ1) is 11.1. The van der Waals surface area contributed by atoms with Gasteiger partial charge in [-0.15, -0.1) is 17.0 Å². The van der Waals surface area contributed by atoms with Crippen molar-refractivity contribution in [2.75, 3.05) is 19.0 Å². The van der Waals surface area contributed by atoms with Gasteiger partial charge < -0.3 is 10.1 Å². The van der Waals surface area contributed by atoms with E-state index in [1.165, 1.54) is 11.1 Å². The number of nitrogens with zero attached hydrogens (tertiary/aromatic N) is 1. The van der Waals surface area contributed by atoms with E-state index in [-0.39, 0.29) is 29.3 Å². The predicted octanol–water partition coefficient (Wildman–Crippen LogP) is 4.79. The Hall–Kier alpha value is -1.92. The summed E-state index contributed by atoms with van der Waals surface area (Å²) in [5.41, 5.74) is 3.99. The van der Waals surface area contributed by atoms with E-state index in [0.29, 0.717) is 11.3 Å². The highest BCUT2D eigenvalue weighted by Gasteiger charge is 2.13. The van der Waals surface area contributed by atoms with Crippen LogP contribution in [0.1, 0.15) is 21.5 Å². The largest absolute Gasteiger partial charge is 0.496 e. The first-order valence-electron chi connectivity index (χ1n) is 7.37. The van der Waals surface area contributed by atoms with Crippen molar-refractivity contribution >= 4 is 49.4 Å². The molecular formula is C18H19BrN2O2S. The third-order valence-electron chi connectivity index (χ3n) is 3.89. The number of hydrogen-bond donors (Lipinski definition) is 1. The van der Waals surface area contributed by atoms with E-state index < -0.39 is 0 Å². The van der Waals surface area contributed by atoms with Crippen LogP contribution in [-0.2, 0) is 0 Å². The molecule has 0 fully saturated rings.